The summed E-state index contributed by atoms with van der Waals surface area (Å²) in [5, 5.41) is 24.0. The highest BCUT2D eigenvalue weighted by Gasteiger charge is 2.23. The van der Waals surface area contributed by atoms with Crippen LogP contribution in [0, 0.1) is 5.92 Å². The average molecular weight is 345 g/mol. The molecular formula is C19H23NO5. The van der Waals surface area contributed by atoms with E-state index >= 15 is 0 Å². The molecule has 25 heavy (non-hydrogen) atoms. The fraction of sp³-hybridized carbons (Fsp3) is 0.474. The molecule has 1 aromatic heterocycles. The third-order valence-electron chi connectivity index (χ3n) is 4.85. The summed E-state index contributed by atoms with van der Waals surface area (Å²) in [6, 6.07) is 2.64. The van der Waals surface area contributed by atoms with Gasteiger partial charge in [-0.05, 0) is 42.9 Å². The average Bonchev–Trinajstić information content (AvgIpc) is 3.02. The van der Waals surface area contributed by atoms with E-state index in [1.54, 1.807) is 17.4 Å². The number of carbonyl (C=O) groups is 1. The first-order chi connectivity index (χ1) is 11.9. The molecule has 0 fully saturated rings. The van der Waals surface area contributed by atoms with Crippen LogP contribution in [-0.4, -0.2) is 17.1 Å². The number of carboxylic acid groups (broad SMARTS) is 1. The summed E-state index contributed by atoms with van der Waals surface area (Å²) in [6.07, 6.45) is 2.92. The molecule has 0 spiro atoms. The van der Waals surface area contributed by atoms with Crippen LogP contribution in [0.5, 0.6) is 5.75 Å². The third-order valence-corrected chi connectivity index (χ3v) is 4.85. The van der Waals surface area contributed by atoms with Gasteiger partial charge in [0.1, 0.15) is 18.3 Å². The second kappa shape index (κ2) is 6.88. The summed E-state index contributed by atoms with van der Waals surface area (Å²) < 4.78 is 5.49. The van der Waals surface area contributed by atoms with Gasteiger partial charge >= 0.3 is 5.63 Å². The van der Waals surface area contributed by atoms with Crippen LogP contribution in [0.1, 0.15) is 43.4 Å². The minimum absolute atomic E-state index is 0.00601. The molecule has 1 aliphatic carbocycles. The van der Waals surface area contributed by atoms with Gasteiger partial charge in [-0.1, -0.05) is 13.8 Å². The number of carboxylic acids is 1. The van der Waals surface area contributed by atoms with Crippen LogP contribution < -0.4 is 16.0 Å². The molecule has 0 aliphatic heterocycles. The Balaban J connectivity index is 1.98. The SMILES string of the molecule is CC(C)C[C@H]([NH2+]Cc1c(O)ccc2c3c(c(=O)oc12)CCC3)C(=O)[O-]. The first kappa shape index (κ1) is 17.5. The lowest BCUT2D eigenvalue weighted by molar-refractivity contribution is -0.699. The Hall–Kier alpha value is -2.34. The quantitative estimate of drug-likeness (QED) is 0.728. The minimum atomic E-state index is -1.13. The molecule has 0 saturated heterocycles. The van der Waals surface area contributed by atoms with E-state index < -0.39 is 12.0 Å². The van der Waals surface area contributed by atoms with Crippen molar-refractivity contribution in [2.45, 2.75) is 52.1 Å². The normalized spacial score (nSPS) is 14.8. The molecule has 0 unspecified atom stereocenters. The maximum atomic E-state index is 12.2. The molecule has 2 aromatic rings. The van der Waals surface area contributed by atoms with Gasteiger partial charge in [0.15, 0.2) is 5.58 Å². The number of benzene rings is 1. The highest BCUT2D eigenvalue weighted by Crippen LogP contribution is 2.32. The second-order valence-corrected chi connectivity index (χ2v) is 7.14. The molecule has 1 aromatic carbocycles. The molecule has 6 heteroatoms. The highest BCUT2D eigenvalue weighted by atomic mass is 16.4. The largest absolute Gasteiger partial charge is 0.544 e. The van der Waals surface area contributed by atoms with Crippen LogP contribution in [0.15, 0.2) is 21.3 Å². The number of carbonyl (C=O) groups excluding carboxylic acids is 1. The molecule has 0 saturated carbocycles. The molecule has 1 aliphatic rings. The van der Waals surface area contributed by atoms with E-state index in [-0.39, 0.29) is 23.8 Å². The molecule has 134 valence electrons. The number of aryl methyl sites for hydroxylation is 1. The Bertz CT molecular complexity index is 868. The van der Waals surface area contributed by atoms with E-state index in [9.17, 15) is 19.8 Å². The van der Waals surface area contributed by atoms with Crippen molar-refractivity contribution < 1.29 is 24.7 Å². The van der Waals surface area contributed by atoms with Gasteiger partial charge in [0.05, 0.1) is 11.5 Å². The van der Waals surface area contributed by atoms with Gasteiger partial charge in [0.2, 0.25) is 0 Å². The van der Waals surface area contributed by atoms with Crippen molar-refractivity contribution in [3.63, 3.8) is 0 Å². The van der Waals surface area contributed by atoms with E-state index in [1.165, 1.54) is 0 Å². The van der Waals surface area contributed by atoms with Gasteiger partial charge in [-0.2, -0.15) is 0 Å². The number of aromatic hydroxyl groups is 1. The molecular weight excluding hydrogens is 322 g/mol. The number of phenols is 1. The smallest absolute Gasteiger partial charge is 0.339 e. The van der Waals surface area contributed by atoms with Crippen LogP contribution in [0.25, 0.3) is 11.0 Å². The van der Waals surface area contributed by atoms with Crippen molar-refractivity contribution >= 4 is 16.9 Å². The van der Waals surface area contributed by atoms with E-state index in [2.05, 4.69) is 0 Å². The molecule has 1 heterocycles. The third kappa shape index (κ3) is 3.39. The zero-order valence-electron chi connectivity index (χ0n) is 14.5. The summed E-state index contributed by atoms with van der Waals surface area (Å²) >= 11 is 0. The summed E-state index contributed by atoms with van der Waals surface area (Å²) in [6.45, 7) is 4.10. The number of hydrogen-bond acceptors (Lipinski definition) is 5. The Labute approximate surface area is 145 Å². The molecule has 3 N–H and O–H groups in total. The number of quaternary nitrogens is 1. The number of hydrogen-bond donors (Lipinski definition) is 2. The lowest BCUT2D eigenvalue weighted by atomic mass is 10.0. The van der Waals surface area contributed by atoms with Gasteiger partial charge in [0, 0.05) is 17.4 Å². The standard InChI is InChI=1S/C19H23NO5/c1-10(2)8-15(18(22)23)20-9-14-16(21)7-6-12-11-4-3-5-13(11)19(24)25-17(12)14/h6-7,10,15,20-21H,3-5,8-9H2,1-2H3,(H,22,23)/t15-/m0/s1. The summed E-state index contributed by atoms with van der Waals surface area (Å²) in [5.74, 6) is -0.913. The second-order valence-electron chi connectivity index (χ2n) is 7.14. The van der Waals surface area contributed by atoms with Gasteiger partial charge in [-0.3, -0.25) is 0 Å². The van der Waals surface area contributed by atoms with E-state index in [0.29, 0.717) is 17.6 Å². The topological polar surface area (TPSA) is 107 Å². The van der Waals surface area contributed by atoms with Crippen molar-refractivity contribution in [2.75, 3.05) is 0 Å². The van der Waals surface area contributed by atoms with Crippen molar-refractivity contribution in [3.05, 3.63) is 39.2 Å². The van der Waals surface area contributed by atoms with Crippen molar-refractivity contribution in [1.82, 2.24) is 0 Å². The van der Waals surface area contributed by atoms with Gasteiger partial charge < -0.3 is 24.7 Å². The molecule has 3 rings (SSSR count). The Morgan fingerprint density at radius 2 is 2.04 bits per heavy atom. The van der Waals surface area contributed by atoms with Gasteiger partial charge in [-0.15, -0.1) is 0 Å². The predicted molar refractivity (Wildman–Crippen MR) is 90.1 cm³/mol. The predicted octanol–water partition coefficient (Wildman–Crippen LogP) is 0.215. The van der Waals surface area contributed by atoms with Crippen molar-refractivity contribution in [2.24, 2.45) is 5.92 Å². The number of aliphatic carboxylic acids is 1. The van der Waals surface area contributed by atoms with Crippen molar-refractivity contribution in [3.8, 4) is 5.75 Å². The molecule has 0 bridgehead atoms. The molecule has 6 nitrogen and oxygen atoms in total. The fourth-order valence-corrected chi connectivity index (χ4v) is 3.65. The lowest BCUT2D eigenvalue weighted by Gasteiger charge is -2.19. The van der Waals surface area contributed by atoms with Crippen LogP contribution in [0.2, 0.25) is 0 Å². The Kier molecular flexibility index (Phi) is 4.81. The highest BCUT2D eigenvalue weighted by molar-refractivity contribution is 5.86. The lowest BCUT2D eigenvalue weighted by Crippen LogP contribution is -2.91. The summed E-state index contributed by atoms with van der Waals surface area (Å²) in [4.78, 5) is 23.6. The zero-order chi connectivity index (χ0) is 18.1. The summed E-state index contributed by atoms with van der Waals surface area (Å²) in [7, 11) is 0. The zero-order valence-corrected chi connectivity index (χ0v) is 14.5. The Morgan fingerprint density at radius 1 is 1.32 bits per heavy atom. The van der Waals surface area contributed by atoms with Crippen LogP contribution in [0.3, 0.4) is 0 Å². The Morgan fingerprint density at radius 3 is 2.72 bits per heavy atom. The molecule has 0 amide bonds. The number of rotatable bonds is 6. The first-order valence-electron chi connectivity index (χ1n) is 8.72. The monoisotopic (exact) mass is 345 g/mol. The summed E-state index contributed by atoms with van der Waals surface area (Å²) in [5.41, 5.74) is 2.18. The van der Waals surface area contributed by atoms with Crippen molar-refractivity contribution in [1.29, 1.82) is 0 Å². The minimum Gasteiger partial charge on any atom is -0.544 e. The number of phenolic OH excluding ortho intramolecular Hbond substituents is 1. The number of nitrogens with two attached hydrogens (primary N) is 1. The first-order valence-corrected chi connectivity index (χ1v) is 8.72. The van der Waals surface area contributed by atoms with E-state index in [4.69, 9.17) is 4.42 Å². The van der Waals surface area contributed by atoms with Crippen LogP contribution in [0.4, 0.5) is 0 Å². The maximum Gasteiger partial charge on any atom is 0.339 e. The fourth-order valence-electron chi connectivity index (χ4n) is 3.65. The molecule has 1 atom stereocenters. The van der Waals surface area contributed by atoms with E-state index in [1.807, 2.05) is 13.8 Å². The number of fused-ring (bicyclic) bond motifs is 3. The maximum absolute atomic E-state index is 12.2. The molecule has 0 radical (unpaired) electrons. The van der Waals surface area contributed by atoms with Gasteiger partial charge in [0.25, 0.3) is 0 Å². The van der Waals surface area contributed by atoms with E-state index in [0.717, 1.165) is 35.8 Å². The van der Waals surface area contributed by atoms with Crippen LogP contribution in [-0.2, 0) is 24.2 Å². The van der Waals surface area contributed by atoms with Crippen LogP contribution >= 0.6 is 0 Å². The van der Waals surface area contributed by atoms with Gasteiger partial charge in [-0.25, -0.2) is 4.79 Å².